The van der Waals surface area contributed by atoms with Crippen LogP contribution < -0.4 is 15.8 Å². The first-order valence-corrected chi connectivity index (χ1v) is 11.9. The van der Waals surface area contributed by atoms with Crippen molar-refractivity contribution >= 4 is 17.5 Å². The molecule has 0 saturated carbocycles. The zero-order chi connectivity index (χ0) is 24.6. The van der Waals surface area contributed by atoms with Crippen LogP contribution >= 0.6 is 0 Å². The minimum Gasteiger partial charge on any atom is -0.497 e. The molecule has 2 amide bonds. The van der Waals surface area contributed by atoms with E-state index in [2.05, 4.69) is 20.4 Å². The maximum absolute atomic E-state index is 12.3. The van der Waals surface area contributed by atoms with E-state index in [0.717, 1.165) is 48.5 Å². The summed E-state index contributed by atoms with van der Waals surface area (Å²) < 4.78 is 10.5. The molecule has 0 aliphatic carbocycles. The minimum atomic E-state index is -0.218. The molecule has 1 unspecified atom stereocenters. The maximum Gasteiger partial charge on any atom is 0.226 e. The second kappa shape index (κ2) is 11.6. The Morgan fingerprint density at radius 2 is 1.94 bits per heavy atom. The molecule has 1 aliphatic heterocycles. The lowest BCUT2D eigenvalue weighted by molar-refractivity contribution is -0.123. The van der Waals surface area contributed by atoms with E-state index in [1.807, 2.05) is 48.5 Å². The number of amides is 2. The summed E-state index contributed by atoms with van der Waals surface area (Å²) in [5, 5.41) is 6.95. The molecule has 0 radical (unpaired) electrons. The fourth-order valence-electron chi connectivity index (χ4n) is 4.22. The fourth-order valence-corrected chi connectivity index (χ4v) is 4.22. The topological polar surface area (TPSA) is 124 Å². The van der Waals surface area contributed by atoms with Gasteiger partial charge in [-0.3, -0.25) is 14.5 Å². The Kier molecular flexibility index (Phi) is 8.10. The smallest absolute Gasteiger partial charge is 0.226 e. The summed E-state index contributed by atoms with van der Waals surface area (Å²) in [7, 11) is 1.62. The van der Waals surface area contributed by atoms with Gasteiger partial charge in [0.05, 0.1) is 13.0 Å². The second-order valence-electron chi connectivity index (χ2n) is 8.82. The molecule has 0 bridgehead atoms. The molecular formula is C26H31N5O4. The van der Waals surface area contributed by atoms with E-state index < -0.39 is 0 Å². The number of anilines is 1. The average molecular weight is 478 g/mol. The number of piperidine rings is 1. The van der Waals surface area contributed by atoms with E-state index in [9.17, 15) is 9.59 Å². The number of carbonyl (C=O) groups is 2. The molecule has 1 saturated heterocycles. The number of aryl methyl sites for hydroxylation is 1. The third kappa shape index (κ3) is 6.89. The minimum absolute atomic E-state index is 0.0621. The summed E-state index contributed by atoms with van der Waals surface area (Å²) in [6, 6.07) is 15.2. The van der Waals surface area contributed by atoms with Crippen molar-refractivity contribution in [3.05, 3.63) is 60.0 Å². The summed E-state index contributed by atoms with van der Waals surface area (Å²) in [6.07, 6.45) is 3.33. The van der Waals surface area contributed by atoms with Crippen LogP contribution in [0.4, 0.5) is 5.69 Å². The Hall–Kier alpha value is -3.72. The molecular weight excluding hydrogens is 446 g/mol. The van der Waals surface area contributed by atoms with Gasteiger partial charge in [-0.1, -0.05) is 17.3 Å². The Morgan fingerprint density at radius 3 is 2.66 bits per heavy atom. The van der Waals surface area contributed by atoms with E-state index in [1.165, 1.54) is 0 Å². The van der Waals surface area contributed by atoms with E-state index >= 15 is 0 Å². The van der Waals surface area contributed by atoms with Gasteiger partial charge >= 0.3 is 0 Å². The Balaban J connectivity index is 1.20. The number of benzene rings is 2. The van der Waals surface area contributed by atoms with Gasteiger partial charge < -0.3 is 20.3 Å². The van der Waals surface area contributed by atoms with Gasteiger partial charge in [-0.25, -0.2) is 0 Å². The molecule has 1 fully saturated rings. The van der Waals surface area contributed by atoms with Crippen LogP contribution in [0, 0.1) is 5.92 Å². The molecule has 35 heavy (non-hydrogen) atoms. The van der Waals surface area contributed by atoms with Gasteiger partial charge in [0.15, 0.2) is 0 Å². The van der Waals surface area contributed by atoms with Crippen LogP contribution in [0.3, 0.4) is 0 Å². The predicted octanol–water partition coefficient (Wildman–Crippen LogP) is 3.40. The number of carbonyl (C=O) groups excluding carboxylic acids is 2. The van der Waals surface area contributed by atoms with Gasteiger partial charge in [0, 0.05) is 37.2 Å². The molecule has 9 nitrogen and oxygen atoms in total. The van der Waals surface area contributed by atoms with E-state index in [4.69, 9.17) is 15.0 Å². The largest absolute Gasteiger partial charge is 0.497 e. The van der Waals surface area contributed by atoms with Gasteiger partial charge in [0.1, 0.15) is 5.75 Å². The summed E-state index contributed by atoms with van der Waals surface area (Å²) in [5.74, 6) is 1.44. The van der Waals surface area contributed by atoms with Gasteiger partial charge in [-0.2, -0.15) is 4.98 Å². The summed E-state index contributed by atoms with van der Waals surface area (Å²) in [4.78, 5) is 30.5. The van der Waals surface area contributed by atoms with Gasteiger partial charge in [0.25, 0.3) is 0 Å². The second-order valence-corrected chi connectivity index (χ2v) is 8.82. The van der Waals surface area contributed by atoms with E-state index in [-0.39, 0.29) is 17.7 Å². The molecule has 3 aromatic rings. The number of hydrogen-bond donors (Lipinski definition) is 2. The molecule has 4 rings (SSSR count). The van der Waals surface area contributed by atoms with Crippen molar-refractivity contribution in [3.63, 3.8) is 0 Å². The molecule has 1 aliphatic rings. The highest BCUT2D eigenvalue weighted by atomic mass is 16.5. The Morgan fingerprint density at radius 1 is 1.17 bits per heavy atom. The third-order valence-corrected chi connectivity index (χ3v) is 6.16. The third-order valence-electron chi connectivity index (χ3n) is 6.16. The number of primary amides is 1. The lowest BCUT2D eigenvalue weighted by atomic mass is 9.97. The van der Waals surface area contributed by atoms with Crippen molar-refractivity contribution in [2.75, 3.05) is 25.5 Å². The van der Waals surface area contributed by atoms with E-state index in [0.29, 0.717) is 37.5 Å². The number of rotatable bonds is 10. The molecule has 3 N–H and O–H groups in total. The quantitative estimate of drug-likeness (QED) is 0.459. The van der Waals surface area contributed by atoms with Crippen LogP contribution in [0.1, 0.15) is 37.1 Å². The number of hydrogen-bond acceptors (Lipinski definition) is 7. The first-order valence-electron chi connectivity index (χ1n) is 11.9. The highest BCUT2D eigenvalue weighted by Gasteiger charge is 2.23. The Labute approximate surface area is 204 Å². The monoisotopic (exact) mass is 477 g/mol. The summed E-state index contributed by atoms with van der Waals surface area (Å²) in [6.45, 7) is 2.43. The fraction of sp³-hybridized carbons (Fsp3) is 0.385. The number of aromatic nitrogens is 2. The number of nitrogens with one attached hydrogen (secondary N) is 1. The van der Waals surface area contributed by atoms with Crippen molar-refractivity contribution in [1.82, 2.24) is 15.0 Å². The van der Waals surface area contributed by atoms with Crippen LogP contribution in [0.2, 0.25) is 0 Å². The molecule has 1 aromatic heterocycles. The van der Waals surface area contributed by atoms with Gasteiger partial charge in [-0.05, 0) is 67.8 Å². The van der Waals surface area contributed by atoms with Crippen molar-refractivity contribution in [3.8, 4) is 17.1 Å². The first kappa shape index (κ1) is 24.4. The van der Waals surface area contributed by atoms with Crippen LogP contribution in [-0.2, 0) is 22.6 Å². The highest BCUT2D eigenvalue weighted by Crippen LogP contribution is 2.21. The number of nitrogens with two attached hydrogens (primary N) is 1. The highest BCUT2D eigenvalue weighted by molar-refractivity contribution is 5.90. The molecule has 2 heterocycles. The van der Waals surface area contributed by atoms with Crippen molar-refractivity contribution in [1.29, 1.82) is 0 Å². The number of nitrogens with zero attached hydrogens (tertiary/aromatic N) is 3. The lowest BCUT2D eigenvalue weighted by Gasteiger charge is -2.31. The molecule has 0 spiro atoms. The Bertz CT molecular complexity index is 1130. The number of ether oxygens (including phenoxy) is 1. The lowest BCUT2D eigenvalue weighted by Crippen LogP contribution is -2.40. The number of likely N-dealkylation sites (tertiary alicyclic amines) is 1. The molecule has 184 valence electrons. The predicted molar refractivity (Wildman–Crippen MR) is 131 cm³/mol. The SMILES string of the molecule is COc1ccc(-c2noc(CCCC(=O)Nc3ccc(CN4CCCC(C(N)=O)C4)cc3)n2)cc1. The van der Waals surface area contributed by atoms with Crippen molar-refractivity contribution in [2.24, 2.45) is 11.7 Å². The standard InChI is InChI=1S/C26H31N5O4/c1-34-22-13-9-19(10-14-22)26-29-24(35-30-26)6-2-5-23(32)28-21-11-7-18(8-12-21)16-31-15-3-4-20(17-31)25(27)33/h7-14,20H,2-6,15-17H2,1H3,(H2,27,33)(H,28,32). The van der Waals surface area contributed by atoms with Crippen LogP contribution in [0.15, 0.2) is 53.1 Å². The molecule has 9 heteroatoms. The van der Waals surface area contributed by atoms with E-state index in [1.54, 1.807) is 7.11 Å². The average Bonchev–Trinajstić information content (AvgIpc) is 3.34. The molecule has 2 aromatic carbocycles. The number of methoxy groups -OCH3 is 1. The first-order chi connectivity index (χ1) is 17.0. The van der Waals surface area contributed by atoms with Crippen LogP contribution in [0.5, 0.6) is 5.75 Å². The normalized spacial score (nSPS) is 16.1. The summed E-state index contributed by atoms with van der Waals surface area (Å²) in [5.41, 5.74) is 8.20. The van der Waals surface area contributed by atoms with Crippen molar-refractivity contribution in [2.45, 2.75) is 38.6 Å². The zero-order valence-electron chi connectivity index (χ0n) is 19.9. The van der Waals surface area contributed by atoms with Crippen LogP contribution in [-0.4, -0.2) is 47.1 Å². The van der Waals surface area contributed by atoms with Gasteiger partial charge in [0.2, 0.25) is 23.5 Å². The molecule has 1 atom stereocenters. The van der Waals surface area contributed by atoms with Crippen molar-refractivity contribution < 1.29 is 18.8 Å². The maximum atomic E-state index is 12.3. The van der Waals surface area contributed by atoms with Gasteiger partial charge in [-0.15, -0.1) is 0 Å². The van der Waals surface area contributed by atoms with Crippen LogP contribution in [0.25, 0.3) is 11.4 Å². The zero-order valence-corrected chi connectivity index (χ0v) is 19.9. The summed E-state index contributed by atoms with van der Waals surface area (Å²) >= 11 is 0.